The summed E-state index contributed by atoms with van der Waals surface area (Å²) in [5.74, 6) is 0. The van der Waals surface area contributed by atoms with E-state index in [9.17, 15) is 0 Å². The van der Waals surface area contributed by atoms with Gasteiger partial charge in [-0.3, -0.25) is 4.99 Å². The average Bonchev–Trinajstić information content (AvgIpc) is 2.59. The van der Waals surface area contributed by atoms with E-state index in [0.29, 0.717) is 0 Å². The van der Waals surface area contributed by atoms with Crippen LogP contribution in [0.15, 0.2) is 29.3 Å². The molecule has 0 fully saturated rings. The van der Waals surface area contributed by atoms with Crippen molar-refractivity contribution >= 4 is 16.6 Å². The number of aliphatic imine (C=N–C) groups is 1. The molecule has 0 saturated carbocycles. The predicted molar refractivity (Wildman–Crippen MR) is 59.1 cm³/mol. The molecule has 2 heterocycles. The van der Waals surface area contributed by atoms with Crippen LogP contribution in [0.5, 0.6) is 0 Å². The third-order valence-electron chi connectivity index (χ3n) is 2.89. The van der Waals surface area contributed by atoms with E-state index < -0.39 is 0 Å². The van der Waals surface area contributed by atoms with E-state index in [1.807, 2.05) is 0 Å². The Labute approximate surface area is 104 Å². The number of para-hydroxylation sites is 1. The van der Waals surface area contributed by atoms with Crippen molar-refractivity contribution in [1.29, 1.82) is 0 Å². The first-order valence-corrected chi connectivity index (χ1v) is 4.97. The first-order valence-electron chi connectivity index (χ1n) is 4.97. The number of hydrogen-bond acceptors (Lipinski definition) is 1. The van der Waals surface area contributed by atoms with Crippen LogP contribution in [0.1, 0.15) is 18.2 Å². The predicted octanol–water partition coefficient (Wildman–Crippen LogP) is 2.53. The Morgan fingerprint density at radius 2 is 2.07 bits per heavy atom. The summed E-state index contributed by atoms with van der Waals surface area (Å²) >= 11 is 0. The van der Waals surface area contributed by atoms with Gasteiger partial charge in [0.25, 0.3) is 0 Å². The number of nitrogens with one attached hydrogen (secondary N) is 1. The van der Waals surface area contributed by atoms with E-state index in [2.05, 4.69) is 41.2 Å². The van der Waals surface area contributed by atoms with E-state index >= 15 is 0 Å². The van der Waals surface area contributed by atoms with Crippen LogP contribution in [-0.4, -0.2) is 17.2 Å². The van der Waals surface area contributed by atoms with Crippen LogP contribution in [0.2, 0.25) is 0 Å². The minimum atomic E-state index is 0. The molecule has 15 heavy (non-hydrogen) atoms. The van der Waals surface area contributed by atoms with Gasteiger partial charge in [0.1, 0.15) is 0 Å². The second-order valence-corrected chi connectivity index (χ2v) is 3.74. The van der Waals surface area contributed by atoms with Gasteiger partial charge in [-0.05, 0) is 25.0 Å². The van der Waals surface area contributed by atoms with E-state index in [1.54, 1.807) is 0 Å². The molecule has 1 aliphatic rings. The quantitative estimate of drug-likeness (QED) is 0.680. The number of aromatic amines is 1. The summed E-state index contributed by atoms with van der Waals surface area (Å²) in [6.45, 7) is 3.01. The van der Waals surface area contributed by atoms with Crippen molar-refractivity contribution in [2.24, 2.45) is 4.99 Å². The molecule has 1 radical (unpaired) electrons. The van der Waals surface area contributed by atoms with Crippen molar-refractivity contribution in [3.05, 3.63) is 35.5 Å². The van der Waals surface area contributed by atoms with Gasteiger partial charge in [0.05, 0.1) is 11.4 Å². The Morgan fingerprint density at radius 3 is 2.93 bits per heavy atom. The zero-order valence-electron chi connectivity index (χ0n) is 8.47. The minimum absolute atomic E-state index is 0. The van der Waals surface area contributed by atoms with Gasteiger partial charge in [-0.25, -0.2) is 0 Å². The topological polar surface area (TPSA) is 28.1 Å². The number of benzene rings is 1. The van der Waals surface area contributed by atoms with Gasteiger partial charge in [0.2, 0.25) is 0 Å². The van der Waals surface area contributed by atoms with Gasteiger partial charge in [0.15, 0.2) is 0 Å². The Bertz CT molecular complexity index is 525. The van der Waals surface area contributed by atoms with Gasteiger partial charge in [-0.1, -0.05) is 18.2 Å². The molecule has 0 bridgehead atoms. The minimum Gasteiger partial charge on any atom is -0.353 e. The normalized spacial score (nSPS) is 14.3. The smallest absolute Gasteiger partial charge is 0.0635 e. The van der Waals surface area contributed by atoms with Crippen LogP contribution < -0.4 is 0 Å². The van der Waals surface area contributed by atoms with E-state index in [4.69, 9.17) is 0 Å². The van der Waals surface area contributed by atoms with Crippen LogP contribution in [0, 0.1) is 0 Å². The molecule has 1 N–H and O–H groups in total. The van der Waals surface area contributed by atoms with Crippen molar-refractivity contribution in [3.8, 4) is 0 Å². The molecule has 81 valence electrons. The largest absolute Gasteiger partial charge is 0.353 e. The van der Waals surface area contributed by atoms with Crippen molar-refractivity contribution in [3.63, 3.8) is 0 Å². The Hall–Kier alpha value is -0.830. The van der Waals surface area contributed by atoms with Crippen LogP contribution in [0.25, 0.3) is 10.9 Å². The van der Waals surface area contributed by atoms with Gasteiger partial charge < -0.3 is 4.98 Å². The second kappa shape index (κ2) is 3.97. The van der Waals surface area contributed by atoms with E-state index in [-0.39, 0.29) is 22.4 Å². The zero-order chi connectivity index (χ0) is 9.54. The molecule has 0 amide bonds. The first-order chi connectivity index (χ1) is 6.86. The van der Waals surface area contributed by atoms with Crippen molar-refractivity contribution in [2.75, 3.05) is 6.54 Å². The van der Waals surface area contributed by atoms with E-state index in [0.717, 1.165) is 18.7 Å². The summed E-state index contributed by atoms with van der Waals surface area (Å²) < 4.78 is 0. The molecule has 0 spiro atoms. The summed E-state index contributed by atoms with van der Waals surface area (Å²) in [6.07, 6.45) is 1.07. The maximum atomic E-state index is 4.45. The summed E-state index contributed by atoms with van der Waals surface area (Å²) in [5, 5.41) is 1.36. The molecule has 1 aliphatic heterocycles. The Morgan fingerprint density at radius 1 is 1.27 bits per heavy atom. The van der Waals surface area contributed by atoms with Crippen LogP contribution >= 0.6 is 0 Å². The fraction of sp³-hybridized carbons (Fsp3) is 0.250. The molecular weight excluding hydrogens is 369 g/mol. The summed E-state index contributed by atoms with van der Waals surface area (Å²) in [6, 6.07) is 8.47. The number of rotatable bonds is 0. The second-order valence-electron chi connectivity index (χ2n) is 3.74. The molecule has 3 rings (SSSR count). The average molecular weight is 381 g/mol. The fourth-order valence-corrected chi connectivity index (χ4v) is 2.18. The number of H-pyrrole nitrogens is 1. The fourth-order valence-electron chi connectivity index (χ4n) is 2.18. The van der Waals surface area contributed by atoms with Crippen molar-refractivity contribution < 1.29 is 22.4 Å². The standard InChI is InChI=1S/C12H12N2.Au/c1-8-12-10(6-7-13-8)9-4-2-3-5-11(9)14-12;/h2-5,14H,6-7H2,1H3;. The van der Waals surface area contributed by atoms with Gasteiger partial charge >= 0.3 is 0 Å². The Balaban J connectivity index is 0.000000853. The van der Waals surface area contributed by atoms with E-state index in [1.165, 1.54) is 22.2 Å². The maximum Gasteiger partial charge on any atom is 0.0635 e. The third kappa shape index (κ3) is 1.59. The molecule has 0 atom stereocenters. The molecule has 3 heteroatoms. The molecule has 0 saturated heterocycles. The monoisotopic (exact) mass is 381 g/mol. The van der Waals surface area contributed by atoms with Gasteiger partial charge in [-0.15, -0.1) is 0 Å². The van der Waals surface area contributed by atoms with Crippen LogP contribution in [0.4, 0.5) is 0 Å². The molecule has 2 aromatic rings. The molecule has 0 aliphatic carbocycles. The van der Waals surface area contributed by atoms with Crippen LogP contribution in [-0.2, 0) is 28.8 Å². The summed E-state index contributed by atoms with van der Waals surface area (Å²) in [7, 11) is 0. The molecule has 1 aromatic carbocycles. The number of aromatic nitrogens is 1. The first kappa shape index (κ1) is 10.7. The van der Waals surface area contributed by atoms with Crippen molar-refractivity contribution in [1.82, 2.24) is 4.98 Å². The SMILES string of the molecule is CC1=NCCc2c1[nH]c1ccccc21.[Au]. The zero-order valence-corrected chi connectivity index (χ0v) is 10.6. The third-order valence-corrected chi connectivity index (χ3v) is 2.89. The summed E-state index contributed by atoms with van der Waals surface area (Å²) in [4.78, 5) is 7.89. The number of fused-ring (bicyclic) bond motifs is 3. The molecular formula is C12H12AuN2. The molecule has 0 unspecified atom stereocenters. The number of hydrogen-bond donors (Lipinski definition) is 1. The van der Waals surface area contributed by atoms with Gasteiger partial charge in [-0.2, -0.15) is 0 Å². The Kier molecular flexibility index (Phi) is 2.83. The van der Waals surface area contributed by atoms with Gasteiger partial charge in [0, 0.05) is 39.8 Å². The van der Waals surface area contributed by atoms with Crippen LogP contribution in [0.3, 0.4) is 0 Å². The molecule has 2 nitrogen and oxygen atoms in total. The molecule has 1 aromatic heterocycles. The number of nitrogens with zero attached hydrogens (tertiary/aromatic N) is 1. The van der Waals surface area contributed by atoms with Crippen molar-refractivity contribution in [2.45, 2.75) is 13.3 Å². The maximum absolute atomic E-state index is 4.45. The summed E-state index contributed by atoms with van der Waals surface area (Å²) in [5.41, 5.74) is 5.04.